The van der Waals surface area contributed by atoms with Gasteiger partial charge in [-0.1, -0.05) is 36.8 Å². The Labute approximate surface area is 139 Å². The van der Waals surface area contributed by atoms with Crippen LogP contribution >= 0.6 is 12.4 Å². The SMILES string of the molecule is Cl.NC1CCCC(C(=O)N2CCC(c3ccccc3)CC2)C1. The molecule has 1 saturated heterocycles. The Bertz CT molecular complexity index is 471. The fourth-order valence-electron chi connectivity index (χ4n) is 3.87. The highest BCUT2D eigenvalue weighted by molar-refractivity contribution is 5.85. The van der Waals surface area contributed by atoms with Gasteiger partial charge >= 0.3 is 0 Å². The van der Waals surface area contributed by atoms with Crippen molar-refractivity contribution in [3.05, 3.63) is 35.9 Å². The van der Waals surface area contributed by atoms with Crippen LogP contribution in [0.3, 0.4) is 0 Å². The molecule has 3 nitrogen and oxygen atoms in total. The van der Waals surface area contributed by atoms with Crippen LogP contribution in [0.5, 0.6) is 0 Å². The standard InChI is InChI=1S/C18H26N2O.ClH/c19-17-8-4-7-16(13-17)18(21)20-11-9-15(10-12-20)14-5-2-1-3-6-14;/h1-3,5-6,15-17H,4,7-13,19H2;1H. The van der Waals surface area contributed by atoms with Crippen molar-refractivity contribution < 1.29 is 4.79 Å². The number of carbonyl (C=O) groups excluding carboxylic acids is 1. The second-order valence-electron chi connectivity index (χ2n) is 6.63. The first kappa shape index (κ1) is 17.3. The summed E-state index contributed by atoms with van der Waals surface area (Å²) >= 11 is 0. The van der Waals surface area contributed by atoms with Crippen molar-refractivity contribution in [2.45, 2.75) is 50.5 Å². The Morgan fingerprint density at radius 2 is 1.73 bits per heavy atom. The lowest BCUT2D eigenvalue weighted by Gasteiger charge is -2.36. The summed E-state index contributed by atoms with van der Waals surface area (Å²) < 4.78 is 0. The highest BCUT2D eigenvalue weighted by Crippen LogP contribution is 2.30. The predicted molar refractivity (Wildman–Crippen MR) is 92.2 cm³/mol. The Morgan fingerprint density at radius 1 is 1.05 bits per heavy atom. The number of hydrogen-bond acceptors (Lipinski definition) is 2. The quantitative estimate of drug-likeness (QED) is 0.907. The zero-order valence-corrected chi connectivity index (χ0v) is 13.9. The Kier molecular flexibility index (Phi) is 6.27. The maximum atomic E-state index is 12.6. The lowest BCUT2D eigenvalue weighted by Crippen LogP contribution is -2.44. The zero-order valence-electron chi connectivity index (χ0n) is 13.1. The van der Waals surface area contributed by atoms with E-state index in [9.17, 15) is 4.79 Å². The van der Waals surface area contributed by atoms with Crippen LogP contribution in [0.4, 0.5) is 0 Å². The minimum Gasteiger partial charge on any atom is -0.342 e. The lowest BCUT2D eigenvalue weighted by molar-refractivity contribution is -0.137. The first-order valence-corrected chi connectivity index (χ1v) is 8.33. The highest BCUT2D eigenvalue weighted by atomic mass is 35.5. The molecular weight excluding hydrogens is 296 g/mol. The van der Waals surface area contributed by atoms with Crippen LogP contribution in [-0.2, 0) is 4.79 Å². The summed E-state index contributed by atoms with van der Waals surface area (Å²) in [6, 6.07) is 10.9. The molecule has 2 unspecified atom stereocenters. The molecule has 1 aliphatic heterocycles. The van der Waals surface area contributed by atoms with Gasteiger partial charge in [-0.3, -0.25) is 4.79 Å². The van der Waals surface area contributed by atoms with Gasteiger partial charge in [0.1, 0.15) is 0 Å². The fraction of sp³-hybridized carbons (Fsp3) is 0.611. The van der Waals surface area contributed by atoms with Crippen molar-refractivity contribution in [2.24, 2.45) is 11.7 Å². The van der Waals surface area contributed by atoms with Gasteiger partial charge in [-0.25, -0.2) is 0 Å². The van der Waals surface area contributed by atoms with Gasteiger partial charge in [0.05, 0.1) is 0 Å². The molecule has 0 spiro atoms. The van der Waals surface area contributed by atoms with Crippen LogP contribution < -0.4 is 5.73 Å². The average Bonchev–Trinajstić information content (AvgIpc) is 2.55. The number of nitrogens with two attached hydrogens (primary N) is 1. The van der Waals surface area contributed by atoms with Gasteiger partial charge in [0.2, 0.25) is 5.91 Å². The Hall–Kier alpha value is -1.06. The van der Waals surface area contributed by atoms with Crippen molar-refractivity contribution in [1.82, 2.24) is 4.90 Å². The zero-order chi connectivity index (χ0) is 14.7. The molecule has 2 fully saturated rings. The lowest BCUT2D eigenvalue weighted by atomic mass is 9.84. The predicted octanol–water partition coefficient (Wildman–Crippen LogP) is 3.33. The van der Waals surface area contributed by atoms with E-state index in [1.165, 1.54) is 5.56 Å². The fourth-order valence-corrected chi connectivity index (χ4v) is 3.87. The molecule has 1 aliphatic carbocycles. The van der Waals surface area contributed by atoms with Gasteiger partial charge in [-0.2, -0.15) is 0 Å². The van der Waals surface area contributed by atoms with E-state index >= 15 is 0 Å². The number of piperidine rings is 1. The maximum Gasteiger partial charge on any atom is 0.225 e. The molecule has 1 aromatic carbocycles. The summed E-state index contributed by atoms with van der Waals surface area (Å²) in [7, 11) is 0. The van der Waals surface area contributed by atoms with Crippen LogP contribution in [0.25, 0.3) is 0 Å². The van der Waals surface area contributed by atoms with E-state index in [2.05, 4.69) is 35.2 Å². The highest BCUT2D eigenvalue weighted by Gasteiger charge is 2.31. The van der Waals surface area contributed by atoms with E-state index in [0.29, 0.717) is 11.8 Å². The molecule has 2 atom stereocenters. The van der Waals surface area contributed by atoms with E-state index < -0.39 is 0 Å². The van der Waals surface area contributed by atoms with Crippen LogP contribution in [0.1, 0.15) is 50.0 Å². The second kappa shape index (κ2) is 7.98. The molecule has 122 valence electrons. The van der Waals surface area contributed by atoms with Gasteiger partial charge in [-0.15, -0.1) is 12.4 Å². The molecule has 2 N–H and O–H groups in total. The summed E-state index contributed by atoms with van der Waals surface area (Å²) in [4.78, 5) is 14.7. The average molecular weight is 323 g/mol. The Balaban J connectivity index is 0.00000176. The molecule has 22 heavy (non-hydrogen) atoms. The number of likely N-dealkylation sites (tertiary alicyclic amines) is 1. The number of benzene rings is 1. The smallest absolute Gasteiger partial charge is 0.225 e. The van der Waals surface area contributed by atoms with Crippen LogP contribution in [0.15, 0.2) is 30.3 Å². The molecule has 1 amide bonds. The maximum absolute atomic E-state index is 12.6. The topological polar surface area (TPSA) is 46.3 Å². The van der Waals surface area contributed by atoms with E-state index in [4.69, 9.17) is 5.73 Å². The van der Waals surface area contributed by atoms with Crippen molar-refractivity contribution in [3.8, 4) is 0 Å². The van der Waals surface area contributed by atoms with E-state index in [-0.39, 0.29) is 24.4 Å². The molecule has 0 radical (unpaired) electrons. The van der Waals surface area contributed by atoms with Gasteiger partial charge < -0.3 is 10.6 Å². The van der Waals surface area contributed by atoms with Crippen molar-refractivity contribution in [3.63, 3.8) is 0 Å². The molecular formula is C18H27ClN2O. The summed E-state index contributed by atoms with van der Waals surface area (Å²) in [5, 5.41) is 0. The molecule has 1 aromatic rings. The molecule has 1 heterocycles. The third-order valence-corrected chi connectivity index (χ3v) is 5.14. The molecule has 4 heteroatoms. The van der Waals surface area contributed by atoms with Crippen LogP contribution in [-0.4, -0.2) is 29.9 Å². The van der Waals surface area contributed by atoms with Crippen molar-refractivity contribution in [1.29, 1.82) is 0 Å². The first-order valence-electron chi connectivity index (χ1n) is 8.33. The van der Waals surface area contributed by atoms with Crippen LogP contribution in [0.2, 0.25) is 0 Å². The van der Waals surface area contributed by atoms with E-state index in [0.717, 1.165) is 51.6 Å². The Morgan fingerprint density at radius 3 is 2.36 bits per heavy atom. The van der Waals surface area contributed by atoms with Gasteiger partial charge in [0.25, 0.3) is 0 Å². The minimum absolute atomic E-state index is 0. The molecule has 0 bridgehead atoms. The number of rotatable bonds is 2. The number of amides is 1. The van der Waals surface area contributed by atoms with E-state index in [1.54, 1.807) is 0 Å². The van der Waals surface area contributed by atoms with Gasteiger partial charge in [-0.05, 0) is 43.6 Å². The molecule has 3 rings (SSSR count). The van der Waals surface area contributed by atoms with Crippen LogP contribution in [0, 0.1) is 5.92 Å². The monoisotopic (exact) mass is 322 g/mol. The molecule has 2 aliphatic rings. The first-order chi connectivity index (χ1) is 10.2. The van der Waals surface area contributed by atoms with Gasteiger partial charge in [0, 0.05) is 25.0 Å². The minimum atomic E-state index is 0. The van der Waals surface area contributed by atoms with E-state index in [1.807, 2.05) is 0 Å². The van der Waals surface area contributed by atoms with Crippen molar-refractivity contribution in [2.75, 3.05) is 13.1 Å². The van der Waals surface area contributed by atoms with Gasteiger partial charge in [0.15, 0.2) is 0 Å². The number of nitrogens with zero attached hydrogens (tertiary/aromatic N) is 1. The van der Waals surface area contributed by atoms with Crippen molar-refractivity contribution >= 4 is 18.3 Å². The number of halogens is 1. The summed E-state index contributed by atoms with van der Waals surface area (Å²) in [5.41, 5.74) is 7.44. The molecule has 0 aromatic heterocycles. The number of hydrogen-bond donors (Lipinski definition) is 1. The molecule has 1 saturated carbocycles. The third kappa shape index (κ3) is 4.02. The third-order valence-electron chi connectivity index (χ3n) is 5.14. The normalized spacial score (nSPS) is 26.3. The summed E-state index contributed by atoms with van der Waals surface area (Å²) in [5.74, 6) is 1.16. The summed E-state index contributed by atoms with van der Waals surface area (Å²) in [6.45, 7) is 1.81. The largest absolute Gasteiger partial charge is 0.342 e. The number of carbonyl (C=O) groups is 1. The second-order valence-corrected chi connectivity index (χ2v) is 6.63. The summed E-state index contributed by atoms with van der Waals surface area (Å²) in [6.07, 6.45) is 6.30.